The second-order valence-corrected chi connectivity index (χ2v) is 10.1. The summed E-state index contributed by atoms with van der Waals surface area (Å²) < 4.78 is 33.5. The van der Waals surface area contributed by atoms with Gasteiger partial charge in [-0.1, -0.05) is 23.7 Å². The first-order chi connectivity index (χ1) is 15.7. The van der Waals surface area contributed by atoms with E-state index in [9.17, 15) is 18.5 Å². The number of benzene rings is 2. The SMILES string of the molecule is Cc1ccc([N+](=O)[O-])cc1S(=O)(=O)N1CCN(C(C)c2nnc(-c3cccc(Cl)c3)o2)CC1. The van der Waals surface area contributed by atoms with Crippen LogP contribution < -0.4 is 0 Å². The predicted octanol–water partition coefficient (Wildman–Crippen LogP) is 3.67. The van der Waals surface area contributed by atoms with Crippen molar-refractivity contribution in [2.45, 2.75) is 24.8 Å². The number of halogens is 1. The third-order valence-electron chi connectivity index (χ3n) is 5.69. The molecule has 0 spiro atoms. The van der Waals surface area contributed by atoms with Crippen molar-refractivity contribution in [3.05, 3.63) is 69.1 Å². The minimum Gasteiger partial charge on any atom is -0.419 e. The highest BCUT2D eigenvalue weighted by Gasteiger charge is 2.33. The fourth-order valence-electron chi connectivity index (χ4n) is 3.75. The predicted molar refractivity (Wildman–Crippen MR) is 121 cm³/mol. The number of rotatable bonds is 6. The second-order valence-electron chi connectivity index (χ2n) is 7.78. The summed E-state index contributed by atoms with van der Waals surface area (Å²) >= 11 is 6.03. The summed E-state index contributed by atoms with van der Waals surface area (Å²) in [6.45, 7) is 4.92. The van der Waals surface area contributed by atoms with Crippen LogP contribution in [-0.4, -0.2) is 58.9 Å². The van der Waals surface area contributed by atoms with E-state index in [1.54, 1.807) is 25.1 Å². The lowest BCUT2D eigenvalue weighted by Crippen LogP contribution is -2.49. The maximum absolute atomic E-state index is 13.2. The number of nitro benzene ring substituents is 1. The Morgan fingerprint density at radius 1 is 1.12 bits per heavy atom. The van der Waals surface area contributed by atoms with Gasteiger partial charge in [-0.3, -0.25) is 15.0 Å². The number of hydrogen-bond donors (Lipinski definition) is 0. The lowest BCUT2D eigenvalue weighted by Gasteiger charge is -2.36. The molecule has 1 atom stereocenters. The van der Waals surface area contributed by atoms with Gasteiger partial charge < -0.3 is 4.42 Å². The number of non-ortho nitro benzene ring substituents is 1. The van der Waals surface area contributed by atoms with Crippen LogP contribution in [0.3, 0.4) is 0 Å². The first-order valence-corrected chi connectivity index (χ1v) is 12.1. The minimum absolute atomic E-state index is 0.0405. The molecule has 0 amide bonds. The Bertz CT molecular complexity index is 1290. The van der Waals surface area contributed by atoms with E-state index >= 15 is 0 Å². The molecule has 0 N–H and O–H groups in total. The van der Waals surface area contributed by atoms with E-state index in [0.717, 1.165) is 11.6 Å². The van der Waals surface area contributed by atoms with Crippen molar-refractivity contribution in [2.75, 3.05) is 26.2 Å². The van der Waals surface area contributed by atoms with E-state index in [1.165, 1.54) is 16.4 Å². The molecule has 4 rings (SSSR count). The molecule has 0 saturated carbocycles. The number of hydrogen-bond acceptors (Lipinski definition) is 8. The highest BCUT2D eigenvalue weighted by atomic mass is 35.5. The van der Waals surface area contributed by atoms with Crippen LogP contribution in [0.15, 0.2) is 51.8 Å². The topological polar surface area (TPSA) is 123 Å². The summed E-state index contributed by atoms with van der Waals surface area (Å²) in [5, 5.41) is 19.9. The van der Waals surface area contributed by atoms with E-state index < -0.39 is 14.9 Å². The fourth-order valence-corrected chi connectivity index (χ4v) is 5.61. The molecule has 1 aromatic heterocycles. The summed E-state index contributed by atoms with van der Waals surface area (Å²) in [6, 6.07) is 10.8. The Hall–Kier alpha value is -2.86. The van der Waals surface area contributed by atoms with Crippen molar-refractivity contribution in [1.82, 2.24) is 19.4 Å². The van der Waals surface area contributed by atoms with Crippen LogP contribution in [0.1, 0.15) is 24.4 Å². The Morgan fingerprint density at radius 2 is 1.85 bits per heavy atom. The molecule has 174 valence electrons. The molecule has 2 aromatic carbocycles. The molecule has 1 unspecified atom stereocenters. The summed E-state index contributed by atoms with van der Waals surface area (Å²) in [7, 11) is -3.86. The van der Waals surface area contributed by atoms with Gasteiger partial charge in [0.1, 0.15) is 0 Å². The molecule has 0 radical (unpaired) electrons. The van der Waals surface area contributed by atoms with E-state index in [4.69, 9.17) is 16.0 Å². The molecule has 0 bridgehead atoms. The van der Waals surface area contributed by atoms with Gasteiger partial charge in [-0.15, -0.1) is 10.2 Å². The minimum atomic E-state index is -3.86. The van der Waals surface area contributed by atoms with Crippen LogP contribution >= 0.6 is 11.6 Å². The molecule has 1 saturated heterocycles. The highest BCUT2D eigenvalue weighted by Crippen LogP contribution is 2.29. The number of nitrogens with zero attached hydrogens (tertiary/aromatic N) is 5. The largest absolute Gasteiger partial charge is 0.419 e. The van der Waals surface area contributed by atoms with Gasteiger partial charge in [0.25, 0.3) is 5.69 Å². The van der Waals surface area contributed by atoms with Crippen molar-refractivity contribution < 1.29 is 17.8 Å². The van der Waals surface area contributed by atoms with Gasteiger partial charge in [0.15, 0.2) is 0 Å². The fraction of sp³-hybridized carbons (Fsp3) is 0.333. The first kappa shape index (κ1) is 23.3. The van der Waals surface area contributed by atoms with Gasteiger partial charge in [0.2, 0.25) is 21.8 Å². The molecule has 1 fully saturated rings. The number of aromatic nitrogens is 2. The molecule has 0 aliphatic carbocycles. The van der Waals surface area contributed by atoms with E-state index in [-0.39, 0.29) is 29.7 Å². The van der Waals surface area contributed by atoms with Crippen molar-refractivity contribution in [2.24, 2.45) is 0 Å². The zero-order valence-corrected chi connectivity index (χ0v) is 19.6. The van der Waals surface area contributed by atoms with E-state index in [1.807, 2.05) is 13.0 Å². The first-order valence-electron chi connectivity index (χ1n) is 10.3. The number of sulfonamides is 1. The zero-order chi connectivity index (χ0) is 23.8. The summed E-state index contributed by atoms with van der Waals surface area (Å²) in [4.78, 5) is 12.5. The molecule has 3 aromatic rings. The van der Waals surface area contributed by atoms with Crippen LogP contribution in [-0.2, 0) is 10.0 Å². The molecule has 2 heterocycles. The molecular formula is C21H22ClN5O5S. The highest BCUT2D eigenvalue weighted by molar-refractivity contribution is 7.89. The van der Waals surface area contributed by atoms with Gasteiger partial charge in [0, 0.05) is 48.9 Å². The van der Waals surface area contributed by atoms with Crippen LogP contribution in [0, 0.1) is 17.0 Å². The van der Waals surface area contributed by atoms with Crippen molar-refractivity contribution >= 4 is 27.3 Å². The molecule has 33 heavy (non-hydrogen) atoms. The third kappa shape index (κ3) is 4.76. The molecule has 1 aliphatic heterocycles. The maximum atomic E-state index is 13.2. The van der Waals surface area contributed by atoms with Crippen molar-refractivity contribution in [3.63, 3.8) is 0 Å². The standard InChI is InChI=1S/C21H22ClN5O5S/c1-14-6-7-18(27(28)29)13-19(14)33(30,31)26-10-8-25(9-11-26)15(2)20-23-24-21(32-20)16-4-3-5-17(22)12-16/h3-7,12-13,15H,8-11H2,1-2H3. The molecule has 1 aliphatic rings. The number of piperazine rings is 1. The van der Waals surface area contributed by atoms with Crippen LogP contribution in [0.4, 0.5) is 5.69 Å². The molecular weight excluding hydrogens is 470 g/mol. The molecule has 12 heteroatoms. The van der Waals surface area contributed by atoms with Gasteiger partial charge >= 0.3 is 0 Å². The average molecular weight is 492 g/mol. The van der Waals surface area contributed by atoms with Gasteiger partial charge in [-0.2, -0.15) is 4.31 Å². The monoisotopic (exact) mass is 491 g/mol. The average Bonchev–Trinajstić information content (AvgIpc) is 3.29. The molecule has 10 nitrogen and oxygen atoms in total. The second kappa shape index (κ2) is 9.18. The van der Waals surface area contributed by atoms with Crippen LogP contribution in [0.5, 0.6) is 0 Å². The van der Waals surface area contributed by atoms with E-state index in [0.29, 0.717) is 35.5 Å². The van der Waals surface area contributed by atoms with Gasteiger partial charge in [-0.05, 0) is 37.6 Å². The van der Waals surface area contributed by atoms with Gasteiger partial charge in [0.05, 0.1) is 15.9 Å². The zero-order valence-electron chi connectivity index (χ0n) is 18.0. The van der Waals surface area contributed by atoms with E-state index in [2.05, 4.69) is 15.1 Å². The normalized spacial score (nSPS) is 16.6. The number of aryl methyl sites for hydroxylation is 1. The van der Waals surface area contributed by atoms with Crippen molar-refractivity contribution in [3.8, 4) is 11.5 Å². The third-order valence-corrected chi connectivity index (χ3v) is 7.97. The summed E-state index contributed by atoms with van der Waals surface area (Å²) in [6.07, 6.45) is 0. The Labute approximate surface area is 196 Å². The Kier molecular flexibility index (Phi) is 6.48. The van der Waals surface area contributed by atoms with Crippen molar-refractivity contribution in [1.29, 1.82) is 0 Å². The van der Waals surface area contributed by atoms with Crippen LogP contribution in [0.2, 0.25) is 5.02 Å². The quantitative estimate of drug-likeness (QED) is 0.378. The lowest BCUT2D eigenvalue weighted by molar-refractivity contribution is -0.385. The maximum Gasteiger partial charge on any atom is 0.270 e. The Balaban J connectivity index is 1.46. The summed E-state index contributed by atoms with van der Waals surface area (Å²) in [5.74, 6) is 0.789. The summed E-state index contributed by atoms with van der Waals surface area (Å²) in [5.41, 5.74) is 0.936. The Morgan fingerprint density at radius 3 is 2.52 bits per heavy atom. The van der Waals surface area contributed by atoms with Crippen LogP contribution in [0.25, 0.3) is 11.5 Å². The smallest absolute Gasteiger partial charge is 0.270 e. The van der Waals surface area contributed by atoms with Gasteiger partial charge in [-0.25, -0.2) is 8.42 Å². The number of nitro groups is 1. The lowest BCUT2D eigenvalue weighted by atomic mass is 10.2.